The first-order chi connectivity index (χ1) is 14.9. The SMILES string of the molecule is CCOC(=O)C(C)(Cc1ccccc1)c1ccnc2c(-c3nc(C(C)C)no3)cnn12. The van der Waals surface area contributed by atoms with Crippen LogP contribution in [0, 0.1) is 0 Å². The summed E-state index contributed by atoms with van der Waals surface area (Å²) >= 11 is 0. The fourth-order valence-electron chi connectivity index (χ4n) is 3.60. The molecule has 31 heavy (non-hydrogen) atoms. The minimum atomic E-state index is -0.972. The first-order valence-electron chi connectivity index (χ1n) is 10.3. The number of carbonyl (C=O) groups excluding carboxylic acids is 1. The topological polar surface area (TPSA) is 95.4 Å². The molecule has 0 bridgehead atoms. The molecule has 1 aromatic carbocycles. The number of nitrogens with zero attached hydrogens (tertiary/aromatic N) is 5. The Morgan fingerprint density at radius 3 is 2.68 bits per heavy atom. The Morgan fingerprint density at radius 2 is 2.00 bits per heavy atom. The van der Waals surface area contributed by atoms with Gasteiger partial charge in [0.25, 0.3) is 5.89 Å². The number of ether oxygens (including phenoxy) is 1. The number of carbonyl (C=O) groups is 1. The third kappa shape index (κ3) is 3.81. The van der Waals surface area contributed by atoms with Gasteiger partial charge < -0.3 is 9.26 Å². The quantitative estimate of drug-likeness (QED) is 0.418. The summed E-state index contributed by atoms with van der Waals surface area (Å²) in [5, 5.41) is 8.55. The molecule has 4 aromatic rings. The summed E-state index contributed by atoms with van der Waals surface area (Å²) in [6.07, 6.45) is 3.76. The van der Waals surface area contributed by atoms with Crippen LogP contribution in [0.3, 0.4) is 0 Å². The molecule has 0 saturated carbocycles. The molecule has 160 valence electrons. The minimum Gasteiger partial charge on any atom is -0.465 e. The summed E-state index contributed by atoms with van der Waals surface area (Å²) < 4.78 is 12.6. The molecule has 1 atom stereocenters. The van der Waals surface area contributed by atoms with Crippen LogP contribution in [0.25, 0.3) is 17.1 Å². The van der Waals surface area contributed by atoms with Crippen molar-refractivity contribution in [3.63, 3.8) is 0 Å². The lowest BCUT2D eigenvalue weighted by atomic mass is 9.80. The second-order valence-electron chi connectivity index (χ2n) is 7.95. The van der Waals surface area contributed by atoms with Gasteiger partial charge >= 0.3 is 5.97 Å². The molecule has 0 fully saturated rings. The van der Waals surface area contributed by atoms with E-state index >= 15 is 0 Å². The lowest BCUT2D eigenvalue weighted by molar-refractivity contribution is -0.149. The van der Waals surface area contributed by atoms with Gasteiger partial charge in [-0.05, 0) is 31.9 Å². The van der Waals surface area contributed by atoms with Crippen LogP contribution in [0.15, 0.2) is 53.3 Å². The largest absolute Gasteiger partial charge is 0.465 e. The van der Waals surface area contributed by atoms with E-state index in [1.54, 1.807) is 29.9 Å². The normalized spacial score (nSPS) is 13.5. The molecule has 8 heteroatoms. The van der Waals surface area contributed by atoms with E-state index in [9.17, 15) is 4.79 Å². The highest BCUT2D eigenvalue weighted by Crippen LogP contribution is 2.32. The lowest BCUT2D eigenvalue weighted by Gasteiger charge is -2.28. The molecule has 3 heterocycles. The summed E-state index contributed by atoms with van der Waals surface area (Å²) in [5.41, 5.74) is 1.88. The predicted molar refractivity (Wildman–Crippen MR) is 114 cm³/mol. The van der Waals surface area contributed by atoms with Gasteiger partial charge in [0.1, 0.15) is 11.0 Å². The summed E-state index contributed by atoms with van der Waals surface area (Å²) in [7, 11) is 0. The van der Waals surface area contributed by atoms with Crippen LogP contribution in [0.1, 0.15) is 50.7 Å². The van der Waals surface area contributed by atoms with Gasteiger partial charge in [0.15, 0.2) is 11.5 Å². The third-order valence-corrected chi connectivity index (χ3v) is 5.28. The highest BCUT2D eigenvalue weighted by molar-refractivity contribution is 5.83. The molecule has 1 unspecified atom stereocenters. The van der Waals surface area contributed by atoms with Gasteiger partial charge in [-0.3, -0.25) is 4.79 Å². The van der Waals surface area contributed by atoms with Crippen molar-refractivity contribution in [3.8, 4) is 11.5 Å². The Kier molecular flexibility index (Phi) is 5.54. The number of hydrogen-bond donors (Lipinski definition) is 0. The molecular formula is C23H25N5O3. The van der Waals surface area contributed by atoms with Crippen LogP contribution < -0.4 is 0 Å². The van der Waals surface area contributed by atoms with E-state index in [2.05, 4.69) is 20.2 Å². The maximum atomic E-state index is 13.1. The second kappa shape index (κ2) is 8.29. The molecular weight excluding hydrogens is 394 g/mol. The maximum absolute atomic E-state index is 13.1. The van der Waals surface area contributed by atoms with Crippen molar-refractivity contribution in [1.82, 2.24) is 24.7 Å². The standard InChI is InChI=1S/C23H25N5O3/c1-5-30-22(29)23(4,13-16-9-7-6-8-10-16)18-11-12-24-20-17(14-25-28(18)20)21-26-19(15(2)3)27-31-21/h6-12,14-15H,5,13H2,1-4H3. The van der Waals surface area contributed by atoms with E-state index in [1.165, 1.54) is 0 Å². The van der Waals surface area contributed by atoms with Crippen LogP contribution in [0.5, 0.6) is 0 Å². The number of aromatic nitrogens is 5. The Morgan fingerprint density at radius 1 is 1.23 bits per heavy atom. The van der Waals surface area contributed by atoms with Gasteiger partial charge in [0, 0.05) is 12.1 Å². The number of benzene rings is 1. The van der Waals surface area contributed by atoms with E-state index < -0.39 is 5.41 Å². The zero-order valence-electron chi connectivity index (χ0n) is 18.1. The van der Waals surface area contributed by atoms with Crippen molar-refractivity contribution in [1.29, 1.82) is 0 Å². The van der Waals surface area contributed by atoms with Gasteiger partial charge in [-0.15, -0.1) is 0 Å². The molecule has 0 radical (unpaired) electrons. The Hall–Kier alpha value is -3.55. The molecule has 0 saturated heterocycles. The number of rotatable bonds is 7. The first kappa shape index (κ1) is 20.7. The van der Waals surface area contributed by atoms with E-state index in [1.807, 2.05) is 51.1 Å². The lowest BCUT2D eigenvalue weighted by Crippen LogP contribution is -2.38. The molecule has 0 N–H and O–H groups in total. The molecule has 0 spiro atoms. The monoisotopic (exact) mass is 419 g/mol. The van der Waals surface area contributed by atoms with Crippen LogP contribution >= 0.6 is 0 Å². The van der Waals surface area contributed by atoms with Crippen LogP contribution in [0.4, 0.5) is 0 Å². The second-order valence-corrected chi connectivity index (χ2v) is 7.95. The molecule has 4 rings (SSSR count). The number of fused-ring (bicyclic) bond motifs is 1. The molecule has 3 aromatic heterocycles. The summed E-state index contributed by atoms with van der Waals surface area (Å²) in [6, 6.07) is 11.7. The summed E-state index contributed by atoms with van der Waals surface area (Å²) in [5.74, 6) is 0.791. The van der Waals surface area contributed by atoms with Crippen molar-refractivity contribution in [2.24, 2.45) is 0 Å². The van der Waals surface area contributed by atoms with Crippen molar-refractivity contribution < 1.29 is 14.1 Å². The minimum absolute atomic E-state index is 0.140. The molecule has 0 aliphatic heterocycles. The zero-order valence-corrected chi connectivity index (χ0v) is 18.1. The molecule has 0 aliphatic carbocycles. The van der Waals surface area contributed by atoms with E-state index in [-0.39, 0.29) is 11.9 Å². The Balaban J connectivity index is 1.83. The van der Waals surface area contributed by atoms with E-state index in [4.69, 9.17) is 9.26 Å². The summed E-state index contributed by atoms with van der Waals surface area (Å²) in [4.78, 5) is 22.1. The van der Waals surface area contributed by atoms with Crippen molar-refractivity contribution in [3.05, 3.63) is 65.9 Å². The fraction of sp³-hybridized carbons (Fsp3) is 0.348. The van der Waals surface area contributed by atoms with E-state index in [0.29, 0.717) is 41.6 Å². The van der Waals surface area contributed by atoms with Crippen molar-refractivity contribution in [2.45, 2.75) is 45.4 Å². The highest BCUT2D eigenvalue weighted by Gasteiger charge is 2.40. The van der Waals surface area contributed by atoms with Gasteiger partial charge in [0.2, 0.25) is 0 Å². The van der Waals surface area contributed by atoms with Crippen molar-refractivity contribution in [2.75, 3.05) is 6.61 Å². The summed E-state index contributed by atoms with van der Waals surface area (Å²) in [6.45, 7) is 7.96. The van der Waals surface area contributed by atoms with Crippen molar-refractivity contribution >= 4 is 11.6 Å². The van der Waals surface area contributed by atoms with Gasteiger partial charge in [-0.2, -0.15) is 10.1 Å². The molecule has 8 nitrogen and oxygen atoms in total. The first-order valence-corrected chi connectivity index (χ1v) is 10.3. The van der Waals surface area contributed by atoms with Crippen LogP contribution in [0.2, 0.25) is 0 Å². The van der Waals surface area contributed by atoms with Crippen LogP contribution in [-0.4, -0.2) is 37.3 Å². The van der Waals surface area contributed by atoms with Gasteiger partial charge in [0.05, 0.1) is 18.5 Å². The fourth-order valence-corrected chi connectivity index (χ4v) is 3.60. The number of esters is 1. The zero-order chi connectivity index (χ0) is 22.0. The smallest absolute Gasteiger partial charge is 0.318 e. The molecule has 0 amide bonds. The average Bonchev–Trinajstić information content (AvgIpc) is 3.41. The van der Waals surface area contributed by atoms with E-state index in [0.717, 1.165) is 5.56 Å². The highest BCUT2D eigenvalue weighted by atomic mass is 16.5. The number of hydrogen-bond acceptors (Lipinski definition) is 7. The Bertz CT molecular complexity index is 1200. The van der Waals surface area contributed by atoms with Gasteiger partial charge in [-0.25, -0.2) is 9.50 Å². The average molecular weight is 419 g/mol. The van der Waals surface area contributed by atoms with Crippen LogP contribution in [-0.2, 0) is 21.4 Å². The third-order valence-electron chi connectivity index (χ3n) is 5.28. The van der Waals surface area contributed by atoms with Gasteiger partial charge in [-0.1, -0.05) is 49.3 Å². The predicted octanol–water partition coefficient (Wildman–Crippen LogP) is 3.97. The maximum Gasteiger partial charge on any atom is 0.318 e. The Labute approximate surface area is 180 Å². The molecule has 0 aliphatic rings.